The van der Waals surface area contributed by atoms with Crippen LogP contribution >= 0.6 is 0 Å². The van der Waals surface area contributed by atoms with Crippen molar-refractivity contribution in [2.75, 3.05) is 38.2 Å². The molecular weight excluding hydrogens is 457 g/mol. The van der Waals surface area contributed by atoms with Gasteiger partial charge in [0.1, 0.15) is 5.75 Å². The number of carboxylic acid groups (broad SMARTS) is 1. The number of carbonyl (C=O) groups excluding carboxylic acids is 1. The zero-order valence-corrected chi connectivity index (χ0v) is 18.0. The molecule has 2 heterocycles. The number of aliphatic carboxylic acids is 1. The Morgan fingerprint density at radius 3 is 2.32 bits per heavy atom. The number of rotatable bonds is 3. The van der Waals surface area contributed by atoms with Crippen molar-refractivity contribution >= 4 is 28.5 Å². The fraction of sp³-hybridized carbons (Fsp3) is 0.273. The highest BCUT2D eigenvalue weighted by atomic mass is 19.4. The van der Waals surface area contributed by atoms with Gasteiger partial charge in [-0.2, -0.15) is 13.2 Å². The lowest BCUT2D eigenvalue weighted by Crippen LogP contribution is -2.49. The first-order chi connectivity index (χ1) is 16.1. The molecule has 2 N–H and O–H groups in total. The van der Waals surface area contributed by atoms with E-state index >= 15 is 0 Å². The number of ether oxygens (including phenoxy) is 1. The molecule has 0 spiro atoms. The Kier molecular flexibility index (Phi) is 7.39. The molecule has 0 radical (unpaired) electrons. The number of para-hydroxylation sites is 1. The molecule has 9 nitrogen and oxygen atoms in total. The van der Waals surface area contributed by atoms with Gasteiger partial charge in [-0.3, -0.25) is 9.59 Å². The molecule has 1 fully saturated rings. The van der Waals surface area contributed by atoms with Crippen molar-refractivity contribution in [3.05, 3.63) is 64.7 Å². The fourth-order valence-electron chi connectivity index (χ4n) is 3.31. The smallest absolute Gasteiger partial charge is 0.490 e. The van der Waals surface area contributed by atoms with E-state index in [0.717, 1.165) is 11.4 Å². The quantitative estimate of drug-likeness (QED) is 0.594. The molecule has 180 valence electrons. The Balaban J connectivity index is 0.000000406. The van der Waals surface area contributed by atoms with Gasteiger partial charge in [0, 0.05) is 37.9 Å². The predicted molar refractivity (Wildman–Crippen MR) is 117 cm³/mol. The van der Waals surface area contributed by atoms with Gasteiger partial charge in [-0.25, -0.2) is 9.78 Å². The second-order valence-electron chi connectivity index (χ2n) is 7.22. The molecule has 1 aliphatic heterocycles. The number of H-pyrrole nitrogens is 1. The second kappa shape index (κ2) is 10.2. The number of halogens is 3. The highest BCUT2D eigenvalue weighted by molar-refractivity contribution is 5.92. The largest absolute Gasteiger partial charge is 0.497 e. The molecule has 1 aromatic heterocycles. The summed E-state index contributed by atoms with van der Waals surface area (Å²) < 4.78 is 37.0. The molecule has 0 atom stereocenters. The van der Waals surface area contributed by atoms with Crippen LogP contribution in [0.25, 0.3) is 10.9 Å². The lowest BCUT2D eigenvalue weighted by molar-refractivity contribution is -0.192. The number of carbonyl (C=O) groups is 2. The topological polar surface area (TPSA) is 116 Å². The SMILES string of the molecule is COc1cccc(N2CCN(C(=O)c3nc4ccccc4c(=O)[nH]3)CC2)c1.O=C(O)C(F)(F)F. The highest BCUT2D eigenvalue weighted by Gasteiger charge is 2.38. The van der Waals surface area contributed by atoms with Crippen molar-refractivity contribution in [1.29, 1.82) is 0 Å². The number of piperazine rings is 1. The van der Waals surface area contributed by atoms with E-state index in [2.05, 4.69) is 14.9 Å². The molecule has 0 unspecified atom stereocenters. The van der Waals surface area contributed by atoms with Crippen LogP contribution in [-0.4, -0.2) is 71.3 Å². The summed E-state index contributed by atoms with van der Waals surface area (Å²) in [4.78, 5) is 44.8. The summed E-state index contributed by atoms with van der Waals surface area (Å²) in [6.45, 7) is 2.53. The zero-order chi connectivity index (χ0) is 24.9. The van der Waals surface area contributed by atoms with E-state index in [1.165, 1.54) is 0 Å². The minimum absolute atomic E-state index is 0.0912. The van der Waals surface area contributed by atoms with E-state index in [9.17, 15) is 22.8 Å². The number of alkyl halides is 3. The van der Waals surface area contributed by atoms with Crippen LogP contribution in [0.5, 0.6) is 5.75 Å². The Hall–Kier alpha value is -4.09. The Morgan fingerprint density at radius 2 is 1.71 bits per heavy atom. The molecule has 0 saturated carbocycles. The summed E-state index contributed by atoms with van der Waals surface area (Å²) in [6, 6.07) is 14.9. The van der Waals surface area contributed by atoms with Crippen LogP contribution in [0, 0.1) is 0 Å². The minimum Gasteiger partial charge on any atom is -0.497 e. The van der Waals surface area contributed by atoms with Crippen LogP contribution in [0.2, 0.25) is 0 Å². The van der Waals surface area contributed by atoms with Gasteiger partial charge in [-0.05, 0) is 24.3 Å². The van der Waals surface area contributed by atoms with Crippen LogP contribution in [0.1, 0.15) is 10.6 Å². The van der Waals surface area contributed by atoms with Crippen molar-refractivity contribution in [3.63, 3.8) is 0 Å². The second-order valence-corrected chi connectivity index (χ2v) is 7.22. The van der Waals surface area contributed by atoms with Crippen molar-refractivity contribution < 1.29 is 32.6 Å². The van der Waals surface area contributed by atoms with Gasteiger partial charge in [-0.1, -0.05) is 18.2 Å². The molecule has 1 amide bonds. The summed E-state index contributed by atoms with van der Waals surface area (Å²) >= 11 is 0. The van der Waals surface area contributed by atoms with Crippen LogP contribution in [0.3, 0.4) is 0 Å². The van der Waals surface area contributed by atoms with Crippen molar-refractivity contribution in [2.24, 2.45) is 0 Å². The number of hydrogen-bond acceptors (Lipinski definition) is 6. The molecule has 0 bridgehead atoms. The highest BCUT2D eigenvalue weighted by Crippen LogP contribution is 2.22. The number of amides is 1. The minimum atomic E-state index is -5.08. The normalized spacial score (nSPS) is 13.8. The van der Waals surface area contributed by atoms with Crippen molar-refractivity contribution in [1.82, 2.24) is 14.9 Å². The number of methoxy groups -OCH3 is 1. The molecule has 2 aromatic carbocycles. The van der Waals surface area contributed by atoms with E-state index < -0.39 is 12.1 Å². The monoisotopic (exact) mass is 478 g/mol. The maximum absolute atomic E-state index is 12.8. The number of aromatic nitrogens is 2. The average molecular weight is 478 g/mol. The Labute approximate surface area is 191 Å². The Bertz CT molecular complexity index is 1240. The average Bonchev–Trinajstić information content (AvgIpc) is 2.83. The van der Waals surface area contributed by atoms with E-state index in [-0.39, 0.29) is 17.3 Å². The summed E-state index contributed by atoms with van der Waals surface area (Å²) in [5.41, 5.74) is 1.30. The van der Waals surface area contributed by atoms with Crippen LogP contribution < -0.4 is 15.2 Å². The number of benzene rings is 2. The molecule has 0 aliphatic carbocycles. The van der Waals surface area contributed by atoms with Gasteiger partial charge < -0.3 is 24.6 Å². The number of nitrogens with zero attached hydrogens (tertiary/aromatic N) is 3. The van der Waals surface area contributed by atoms with Gasteiger partial charge in [0.05, 0.1) is 18.0 Å². The third-order valence-electron chi connectivity index (χ3n) is 5.04. The lowest BCUT2D eigenvalue weighted by Gasteiger charge is -2.36. The maximum Gasteiger partial charge on any atom is 0.490 e. The van der Waals surface area contributed by atoms with Gasteiger partial charge in [0.2, 0.25) is 0 Å². The standard InChI is InChI=1S/C20H20N4O3.C2HF3O2/c1-27-15-6-4-5-14(13-15)23-9-11-24(12-10-23)20(26)18-21-17-8-3-2-7-16(17)19(25)22-18;3-2(4,5)1(6)7/h2-8,13H,9-12H2,1H3,(H,21,22,25);(H,6,7). The van der Waals surface area contributed by atoms with Gasteiger partial charge in [-0.15, -0.1) is 0 Å². The molecule has 34 heavy (non-hydrogen) atoms. The summed E-state index contributed by atoms with van der Waals surface area (Å²) in [6.07, 6.45) is -5.08. The van der Waals surface area contributed by atoms with E-state index in [0.29, 0.717) is 37.1 Å². The zero-order valence-electron chi connectivity index (χ0n) is 18.0. The number of fused-ring (bicyclic) bond motifs is 1. The third-order valence-corrected chi connectivity index (χ3v) is 5.04. The number of nitrogens with one attached hydrogen (secondary N) is 1. The third kappa shape index (κ3) is 5.82. The molecular formula is C22H21F3N4O5. The Morgan fingerprint density at radius 1 is 1.06 bits per heavy atom. The first-order valence-corrected chi connectivity index (χ1v) is 10.1. The first kappa shape index (κ1) is 24.6. The molecule has 3 aromatic rings. The van der Waals surface area contributed by atoms with Gasteiger partial charge >= 0.3 is 12.1 Å². The fourth-order valence-corrected chi connectivity index (χ4v) is 3.31. The number of aromatic amines is 1. The van der Waals surface area contributed by atoms with Crippen LogP contribution in [0.4, 0.5) is 18.9 Å². The van der Waals surface area contributed by atoms with Crippen LogP contribution in [-0.2, 0) is 4.79 Å². The first-order valence-electron chi connectivity index (χ1n) is 10.1. The van der Waals surface area contributed by atoms with Gasteiger partial charge in [0.15, 0.2) is 5.82 Å². The molecule has 4 rings (SSSR count). The van der Waals surface area contributed by atoms with Gasteiger partial charge in [0.25, 0.3) is 11.5 Å². The summed E-state index contributed by atoms with van der Waals surface area (Å²) in [5.74, 6) is -2.10. The predicted octanol–water partition coefficient (Wildman–Crippen LogP) is 2.53. The summed E-state index contributed by atoms with van der Waals surface area (Å²) in [5, 5.41) is 7.61. The molecule has 1 aliphatic rings. The molecule has 1 saturated heterocycles. The maximum atomic E-state index is 12.8. The van der Waals surface area contributed by atoms with E-state index in [1.54, 1.807) is 36.3 Å². The summed E-state index contributed by atoms with van der Waals surface area (Å²) in [7, 11) is 1.65. The number of anilines is 1. The van der Waals surface area contributed by atoms with Crippen molar-refractivity contribution in [2.45, 2.75) is 6.18 Å². The van der Waals surface area contributed by atoms with E-state index in [1.807, 2.05) is 24.3 Å². The molecule has 12 heteroatoms. The van der Waals surface area contributed by atoms with E-state index in [4.69, 9.17) is 14.6 Å². The van der Waals surface area contributed by atoms with Crippen molar-refractivity contribution in [3.8, 4) is 5.75 Å². The lowest BCUT2D eigenvalue weighted by atomic mass is 10.2. The number of carboxylic acids is 1. The number of hydrogen-bond donors (Lipinski definition) is 2. The van der Waals surface area contributed by atoms with Crippen LogP contribution in [0.15, 0.2) is 53.3 Å².